The van der Waals surface area contributed by atoms with Crippen LogP contribution in [0.15, 0.2) is 12.2 Å². The van der Waals surface area contributed by atoms with Gasteiger partial charge in [-0.2, -0.15) is 0 Å². The highest BCUT2D eigenvalue weighted by Crippen LogP contribution is 2.25. The van der Waals surface area contributed by atoms with E-state index in [0.29, 0.717) is 17.4 Å². The topological polar surface area (TPSA) is 35.5 Å². The molecule has 80 valence electrons. The second kappa shape index (κ2) is 5.41. The number of esters is 1. The molecule has 0 aromatic carbocycles. The largest absolute Gasteiger partial charge is 0.445 e. The van der Waals surface area contributed by atoms with Gasteiger partial charge in [0.15, 0.2) is 5.44 Å². The van der Waals surface area contributed by atoms with Crippen LogP contribution >= 0.6 is 11.8 Å². The SMILES string of the molecule is C=C(C)C(=O)OC1COCCC(C)S1. The van der Waals surface area contributed by atoms with E-state index < -0.39 is 0 Å². The molecule has 4 heteroatoms. The average Bonchev–Trinajstić information content (AvgIpc) is 2.29. The summed E-state index contributed by atoms with van der Waals surface area (Å²) in [6.45, 7) is 8.52. The number of hydrogen-bond acceptors (Lipinski definition) is 4. The number of rotatable bonds is 2. The quantitative estimate of drug-likeness (QED) is 0.522. The van der Waals surface area contributed by atoms with Crippen molar-refractivity contribution in [3.63, 3.8) is 0 Å². The first-order valence-electron chi connectivity index (χ1n) is 4.69. The van der Waals surface area contributed by atoms with Crippen molar-refractivity contribution >= 4 is 17.7 Å². The van der Waals surface area contributed by atoms with Gasteiger partial charge in [0.05, 0.1) is 6.61 Å². The fourth-order valence-electron chi connectivity index (χ4n) is 1.08. The number of carbonyl (C=O) groups is 1. The minimum atomic E-state index is -0.333. The highest BCUT2D eigenvalue weighted by molar-refractivity contribution is 8.00. The third-order valence-electron chi connectivity index (χ3n) is 1.89. The summed E-state index contributed by atoms with van der Waals surface area (Å²) in [4.78, 5) is 11.2. The molecule has 2 unspecified atom stereocenters. The Morgan fingerprint density at radius 1 is 1.64 bits per heavy atom. The van der Waals surface area contributed by atoms with Crippen LogP contribution in [-0.4, -0.2) is 29.9 Å². The van der Waals surface area contributed by atoms with Crippen LogP contribution in [0.3, 0.4) is 0 Å². The molecular formula is C10H16O3S. The molecule has 0 aromatic rings. The highest BCUT2D eigenvalue weighted by atomic mass is 32.2. The normalized spacial score (nSPS) is 27.9. The van der Waals surface area contributed by atoms with Crippen molar-refractivity contribution in [3.05, 3.63) is 12.2 Å². The van der Waals surface area contributed by atoms with Gasteiger partial charge in [-0.25, -0.2) is 4.79 Å². The van der Waals surface area contributed by atoms with Crippen molar-refractivity contribution in [2.45, 2.75) is 31.0 Å². The summed E-state index contributed by atoms with van der Waals surface area (Å²) in [5.74, 6) is -0.333. The second-order valence-electron chi connectivity index (χ2n) is 3.43. The smallest absolute Gasteiger partial charge is 0.334 e. The van der Waals surface area contributed by atoms with Gasteiger partial charge >= 0.3 is 5.97 Å². The van der Waals surface area contributed by atoms with Crippen molar-refractivity contribution < 1.29 is 14.3 Å². The summed E-state index contributed by atoms with van der Waals surface area (Å²) in [5.41, 5.74) is 0.249. The lowest BCUT2D eigenvalue weighted by atomic mass is 10.3. The van der Waals surface area contributed by atoms with E-state index in [4.69, 9.17) is 9.47 Å². The fourth-order valence-corrected chi connectivity index (χ4v) is 2.15. The van der Waals surface area contributed by atoms with Crippen molar-refractivity contribution in [1.29, 1.82) is 0 Å². The molecule has 14 heavy (non-hydrogen) atoms. The van der Waals surface area contributed by atoms with E-state index >= 15 is 0 Å². The number of thioether (sulfide) groups is 1. The van der Waals surface area contributed by atoms with Crippen molar-refractivity contribution in [2.75, 3.05) is 13.2 Å². The summed E-state index contributed by atoms with van der Waals surface area (Å²) in [6.07, 6.45) is 1.01. The molecule has 0 amide bonds. The molecule has 1 aliphatic heterocycles. The molecule has 1 rings (SSSR count). The summed E-state index contributed by atoms with van der Waals surface area (Å²) in [5, 5.41) is 0.473. The van der Waals surface area contributed by atoms with E-state index in [1.807, 2.05) is 0 Å². The Bertz CT molecular complexity index is 227. The maximum Gasteiger partial charge on any atom is 0.334 e. The Morgan fingerprint density at radius 3 is 3.00 bits per heavy atom. The third kappa shape index (κ3) is 3.72. The van der Waals surface area contributed by atoms with Gasteiger partial charge in [-0.15, -0.1) is 11.8 Å². The molecule has 2 atom stereocenters. The van der Waals surface area contributed by atoms with Crippen LogP contribution in [0.25, 0.3) is 0 Å². The zero-order valence-electron chi connectivity index (χ0n) is 8.62. The lowest BCUT2D eigenvalue weighted by molar-refractivity contribution is -0.142. The van der Waals surface area contributed by atoms with Gasteiger partial charge in [0.2, 0.25) is 0 Å². The molecule has 1 aliphatic rings. The Balaban J connectivity index is 2.42. The predicted molar refractivity (Wildman–Crippen MR) is 57.2 cm³/mol. The summed E-state index contributed by atoms with van der Waals surface area (Å²) >= 11 is 1.64. The third-order valence-corrected chi connectivity index (χ3v) is 3.13. The lowest BCUT2D eigenvalue weighted by Gasteiger charge is -2.16. The lowest BCUT2D eigenvalue weighted by Crippen LogP contribution is -2.20. The van der Waals surface area contributed by atoms with Crippen molar-refractivity contribution in [2.24, 2.45) is 0 Å². The predicted octanol–water partition coefficient (Wildman–Crippen LogP) is 1.97. The molecule has 0 bridgehead atoms. The standard InChI is InChI=1S/C10H16O3S/c1-7(2)10(11)13-9-6-12-5-4-8(3)14-9/h8-9H,1,4-6H2,2-3H3. The molecule has 1 saturated heterocycles. The van der Waals surface area contributed by atoms with Crippen LogP contribution in [-0.2, 0) is 14.3 Å². The molecule has 0 radical (unpaired) electrons. The molecule has 0 aliphatic carbocycles. The monoisotopic (exact) mass is 216 g/mol. The fraction of sp³-hybridized carbons (Fsp3) is 0.700. The number of ether oxygens (including phenoxy) is 2. The van der Waals surface area contributed by atoms with E-state index in [9.17, 15) is 4.79 Å². The first-order chi connectivity index (χ1) is 6.59. The van der Waals surface area contributed by atoms with Gasteiger partial charge in [-0.1, -0.05) is 13.5 Å². The average molecular weight is 216 g/mol. The molecule has 0 N–H and O–H groups in total. The van der Waals surface area contributed by atoms with Crippen LogP contribution in [0.1, 0.15) is 20.3 Å². The number of hydrogen-bond donors (Lipinski definition) is 0. The molecule has 1 fully saturated rings. The maximum absolute atomic E-state index is 11.2. The Hall–Kier alpha value is -0.480. The molecular weight excluding hydrogens is 200 g/mol. The zero-order chi connectivity index (χ0) is 10.6. The molecule has 0 aromatic heterocycles. The van der Waals surface area contributed by atoms with Gasteiger partial charge in [0.25, 0.3) is 0 Å². The zero-order valence-corrected chi connectivity index (χ0v) is 9.43. The summed E-state index contributed by atoms with van der Waals surface area (Å²) in [7, 11) is 0. The first-order valence-corrected chi connectivity index (χ1v) is 5.63. The van der Waals surface area contributed by atoms with Crippen LogP contribution in [0.2, 0.25) is 0 Å². The van der Waals surface area contributed by atoms with Gasteiger partial charge in [-0.3, -0.25) is 0 Å². The minimum Gasteiger partial charge on any atom is -0.445 e. The Morgan fingerprint density at radius 2 is 2.36 bits per heavy atom. The summed E-state index contributed by atoms with van der Waals surface area (Å²) in [6, 6.07) is 0. The van der Waals surface area contributed by atoms with Crippen LogP contribution in [0.5, 0.6) is 0 Å². The first kappa shape index (κ1) is 11.6. The molecule has 0 spiro atoms. The van der Waals surface area contributed by atoms with Gasteiger partial charge < -0.3 is 9.47 Å². The second-order valence-corrected chi connectivity index (χ2v) is 5.03. The van der Waals surface area contributed by atoms with E-state index in [0.717, 1.165) is 13.0 Å². The van der Waals surface area contributed by atoms with Crippen LogP contribution < -0.4 is 0 Å². The van der Waals surface area contributed by atoms with Crippen molar-refractivity contribution in [3.8, 4) is 0 Å². The molecule has 0 saturated carbocycles. The van der Waals surface area contributed by atoms with E-state index in [1.165, 1.54) is 0 Å². The minimum absolute atomic E-state index is 0.184. The van der Waals surface area contributed by atoms with Crippen LogP contribution in [0, 0.1) is 0 Å². The van der Waals surface area contributed by atoms with Crippen LogP contribution in [0.4, 0.5) is 0 Å². The van der Waals surface area contributed by atoms with Gasteiger partial charge in [-0.05, 0) is 13.3 Å². The van der Waals surface area contributed by atoms with Gasteiger partial charge in [0.1, 0.15) is 0 Å². The number of carbonyl (C=O) groups excluding carboxylic acids is 1. The van der Waals surface area contributed by atoms with Gasteiger partial charge in [0, 0.05) is 17.4 Å². The van der Waals surface area contributed by atoms with E-state index in [2.05, 4.69) is 13.5 Å². The molecule has 1 heterocycles. The van der Waals surface area contributed by atoms with Crippen molar-refractivity contribution in [1.82, 2.24) is 0 Å². The Kier molecular flexibility index (Phi) is 4.48. The Labute approximate surface area is 88.8 Å². The van der Waals surface area contributed by atoms with E-state index in [-0.39, 0.29) is 11.4 Å². The van der Waals surface area contributed by atoms with E-state index in [1.54, 1.807) is 18.7 Å². The summed E-state index contributed by atoms with van der Waals surface area (Å²) < 4.78 is 10.5. The maximum atomic E-state index is 11.2. The molecule has 3 nitrogen and oxygen atoms in total. The highest BCUT2D eigenvalue weighted by Gasteiger charge is 2.21.